The molecule has 0 aliphatic carbocycles. The Morgan fingerprint density at radius 2 is 1.63 bits per heavy atom. The van der Waals surface area contributed by atoms with Crippen LogP contribution in [0.25, 0.3) is 22.2 Å². The van der Waals surface area contributed by atoms with Crippen LogP contribution in [0.3, 0.4) is 0 Å². The number of hydrogen-bond acceptors (Lipinski definition) is 7. The Bertz CT molecular complexity index is 1570. The summed E-state index contributed by atoms with van der Waals surface area (Å²) < 4.78 is 5.56. The van der Waals surface area contributed by atoms with Gasteiger partial charge in [-0.2, -0.15) is 4.98 Å². The predicted molar refractivity (Wildman–Crippen MR) is 150 cm³/mol. The molecular formula is C30H28N6O2. The number of amides is 1. The van der Waals surface area contributed by atoms with Gasteiger partial charge in [0.25, 0.3) is 5.91 Å². The predicted octanol–water partition coefficient (Wildman–Crippen LogP) is 6.58. The number of anilines is 4. The lowest BCUT2D eigenvalue weighted by molar-refractivity contribution is 0.102. The molecule has 3 aromatic carbocycles. The number of carbonyl (C=O) groups excluding carboxylic acids is 1. The van der Waals surface area contributed by atoms with Crippen LogP contribution >= 0.6 is 0 Å². The van der Waals surface area contributed by atoms with Gasteiger partial charge in [0.05, 0.1) is 5.39 Å². The fraction of sp³-hybridized carbons (Fsp3) is 0.200. The van der Waals surface area contributed by atoms with Crippen LogP contribution in [-0.4, -0.2) is 34.1 Å². The number of piperidine rings is 1. The molecular weight excluding hydrogens is 476 g/mol. The van der Waals surface area contributed by atoms with Crippen molar-refractivity contribution >= 4 is 40.0 Å². The molecule has 1 aliphatic rings. The number of nitrogens with zero attached hydrogens (tertiary/aromatic N) is 4. The second-order valence-electron chi connectivity index (χ2n) is 9.51. The Morgan fingerprint density at radius 1 is 0.868 bits per heavy atom. The number of fused-ring (bicyclic) bond motifs is 1. The number of carbonyl (C=O) groups is 1. The Hall–Kier alpha value is -4.72. The smallest absolute Gasteiger partial charge is 0.255 e. The molecule has 0 atom stereocenters. The molecule has 190 valence electrons. The first-order valence-electron chi connectivity index (χ1n) is 12.9. The van der Waals surface area contributed by atoms with Gasteiger partial charge in [-0.15, -0.1) is 0 Å². The lowest BCUT2D eigenvalue weighted by atomic mass is 10.1. The highest BCUT2D eigenvalue weighted by Gasteiger charge is 2.16. The molecule has 3 heterocycles. The van der Waals surface area contributed by atoms with E-state index in [9.17, 15) is 4.79 Å². The molecule has 38 heavy (non-hydrogen) atoms. The largest absolute Gasteiger partial charge is 0.355 e. The Kier molecular flexibility index (Phi) is 6.44. The van der Waals surface area contributed by atoms with Crippen molar-refractivity contribution in [3.8, 4) is 11.3 Å². The van der Waals surface area contributed by atoms with Gasteiger partial charge in [0, 0.05) is 47.4 Å². The number of aromatic nitrogens is 3. The number of nitrogens with one attached hydrogen (secondary N) is 2. The molecule has 0 radical (unpaired) electrons. The zero-order valence-corrected chi connectivity index (χ0v) is 21.1. The average molecular weight is 505 g/mol. The van der Waals surface area contributed by atoms with E-state index >= 15 is 0 Å². The summed E-state index contributed by atoms with van der Waals surface area (Å²) in [7, 11) is 0. The Balaban J connectivity index is 1.15. The maximum absolute atomic E-state index is 13.0. The van der Waals surface area contributed by atoms with Crippen LogP contribution in [-0.2, 0) is 0 Å². The third-order valence-electron chi connectivity index (χ3n) is 6.67. The van der Waals surface area contributed by atoms with E-state index in [1.54, 1.807) is 12.1 Å². The van der Waals surface area contributed by atoms with Crippen molar-refractivity contribution in [1.82, 2.24) is 15.1 Å². The fourth-order valence-corrected chi connectivity index (χ4v) is 4.72. The van der Waals surface area contributed by atoms with Crippen molar-refractivity contribution in [3.63, 3.8) is 0 Å². The van der Waals surface area contributed by atoms with Gasteiger partial charge in [-0.1, -0.05) is 35.5 Å². The molecule has 0 spiro atoms. The van der Waals surface area contributed by atoms with E-state index in [1.165, 1.54) is 19.3 Å². The molecule has 0 unspecified atom stereocenters. The van der Waals surface area contributed by atoms with E-state index in [-0.39, 0.29) is 5.91 Å². The minimum Gasteiger partial charge on any atom is -0.355 e. The second kappa shape index (κ2) is 10.3. The fourth-order valence-electron chi connectivity index (χ4n) is 4.72. The van der Waals surface area contributed by atoms with Crippen LogP contribution in [0.15, 0.2) is 83.4 Å². The zero-order chi connectivity index (χ0) is 25.9. The Labute approximate surface area is 220 Å². The summed E-state index contributed by atoms with van der Waals surface area (Å²) in [5, 5.41) is 11.3. The van der Waals surface area contributed by atoms with Crippen LogP contribution in [0.4, 0.5) is 23.1 Å². The van der Waals surface area contributed by atoms with E-state index in [0.29, 0.717) is 22.5 Å². The Morgan fingerprint density at radius 3 is 2.42 bits per heavy atom. The van der Waals surface area contributed by atoms with Crippen molar-refractivity contribution in [3.05, 3.63) is 90.1 Å². The highest BCUT2D eigenvalue weighted by molar-refractivity contribution is 6.07. The van der Waals surface area contributed by atoms with Crippen LogP contribution in [0, 0.1) is 6.92 Å². The quantitative estimate of drug-likeness (QED) is 0.270. The summed E-state index contributed by atoms with van der Waals surface area (Å²) in [4.78, 5) is 24.6. The van der Waals surface area contributed by atoms with Crippen molar-refractivity contribution in [1.29, 1.82) is 0 Å². The van der Waals surface area contributed by atoms with Gasteiger partial charge >= 0.3 is 0 Å². The molecule has 2 aromatic heterocycles. The van der Waals surface area contributed by atoms with E-state index in [0.717, 1.165) is 47.2 Å². The van der Waals surface area contributed by atoms with Gasteiger partial charge in [-0.25, -0.2) is 4.98 Å². The first kappa shape index (κ1) is 23.7. The molecule has 2 N–H and O–H groups in total. The van der Waals surface area contributed by atoms with E-state index in [2.05, 4.69) is 25.7 Å². The third kappa shape index (κ3) is 5.06. The van der Waals surface area contributed by atoms with Crippen LogP contribution in [0.1, 0.15) is 35.3 Å². The summed E-state index contributed by atoms with van der Waals surface area (Å²) in [6.07, 6.45) is 3.61. The molecule has 1 amide bonds. The summed E-state index contributed by atoms with van der Waals surface area (Å²) in [5.74, 6) is 1.97. The average Bonchev–Trinajstić information content (AvgIpc) is 3.38. The first-order valence-corrected chi connectivity index (χ1v) is 12.9. The maximum atomic E-state index is 13.0. The summed E-state index contributed by atoms with van der Waals surface area (Å²) in [5.41, 5.74) is 4.65. The highest BCUT2D eigenvalue weighted by atomic mass is 16.5. The van der Waals surface area contributed by atoms with E-state index < -0.39 is 0 Å². The molecule has 0 bridgehead atoms. The van der Waals surface area contributed by atoms with Crippen LogP contribution in [0.5, 0.6) is 0 Å². The summed E-state index contributed by atoms with van der Waals surface area (Å²) >= 11 is 0. The van der Waals surface area contributed by atoms with Crippen molar-refractivity contribution in [2.45, 2.75) is 26.2 Å². The zero-order valence-electron chi connectivity index (χ0n) is 21.1. The third-order valence-corrected chi connectivity index (χ3v) is 6.67. The lowest BCUT2D eigenvalue weighted by Crippen LogP contribution is -2.31. The SMILES string of the molecule is Cc1cc(Nc2ccc(NC(=O)c3ccc4noc(-c5ccccc5)c4c3)cc2)nc(N2CCCCC2)n1. The normalized spacial score (nSPS) is 13.4. The molecule has 8 nitrogen and oxygen atoms in total. The van der Waals surface area contributed by atoms with Gasteiger partial charge in [0.1, 0.15) is 11.3 Å². The molecule has 1 saturated heterocycles. The van der Waals surface area contributed by atoms with Gasteiger partial charge in [0.15, 0.2) is 5.76 Å². The van der Waals surface area contributed by atoms with Crippen molar-refractivity contribution < 1.29 is 9.32 Å². The van der Waals surface area contributed by atoms with Gasteiger partial charge < -0.3 is 20.1 Å². The minimum atomic E-state index is -0.203. The second-order valence-corrected chi connectivity index (χ2v) is 9.51. The topological polar surface area (TPSA) is 96.2 Å². The number of rotatable bonds is 6. The van der Waals surface area contributed by atoms with E-state index in [1.807, 2.05) is 73.7 Å². The summed E-state index contributed by atoms with van der Waals surface area (Å²) in [6.45, 7) is 3.97. The van der Waals surface area contributed by atoms with Crippen LogP contribution in [0.2, 0.25) is 0 Å². The van der Waals surface area contributed by atoms with E-state index in [4.69, 9.17) is 9.51 Å². The molecule has 1 aliphatic heterocycles. The van der Waals surface area contributed by atoms with Gasteiger partial charge in [-0.3, -0.25) is 4.79 Å². The van der Waals surface area contributed by atoms with Gasteiger partial charge in [0.2, 0.25) is 5.95 Å². The lowest BCUT2D eigenvalue weighted by Gasteiger charge is -2.27. The molecule has 6 rings (SSSR count). The highest BCUT2D eigenvalue weighted by Crippen LogP contribution is 2.29. The van der Waals surface area contributed by atoms with Crippen molar-refractivity contribution in [2.24, 2.45) is 0 Å². The minimum absolute atomic E-state index is 0.203. The molecule has 8 heteroatoms. The van der Waals surface area contributed by atoms with Crippen LogP contribution < -0.4 is 15.5 Å². The molecule has 1 fully saturated rings. The maximum Gasteiger partial charge on any atom is 0.255 e. The molecule has 0 saturated carbocycles. The molecule has 5 aromatic rings. The number of benzene rings is 3. The van der Waals surface area contributed by atoms with Gasteiger partial charge in [-0.05, 0) is 68.7 Å². The summed E-state index contributed by atoms with van der Waals surface area (Å²) in [6, 6.07) is 24.6. The monoisotopic (exact) mass is 504 g/mol. The number of hydrogen-bond donors (Lipinski definition) is 2. The number of aryl methyl sites for hydroxylation is 1. The van der Waals surface area contributed by atoms with Crippen molar-refractivity contribution in [2.75, 3.05) is 28.6 Å². The first-order chi connectivity index (χ1) is 18.6. The standard InChI is InChI=1S/C30H28N6O2/c1-20-18-27(34-30(31-20)36-16-6-3-7-17-36)32-23-11-13-24(14-12-23)33-29(37)22-10-15-26-25(19-22)28(38-35-26)21-8-4-2-5-9-21/h2,4-5,8-15,18-19H,3,6-7,16-17H2,1H3,(H,33,37)(H,31,32,34).